The molecule has 0 unspecified atom stereocenters. The zero-order chi connectivity index (χ0) is 17.8. The van der Waals surface area contributed by atoms with E-state index in [0.717, 1.165) is 11.3 Å². The first-order chi connectivity index (χ1) is 12.7. The summed E-state index contributed by atoms with van der Waals surface area (Å²) < 4.78 is 7.78. The quantitative estimate of drug-likeness (QED) is 0.774. The molecule has 8 nitrogen and oxygen atoms in total. The summed E-state index contributed by atoms with van der Waals surface area (Å²) in [6, 6.07) is 1.07. The Balaban J connectivity index is 1.59. The van der Waals surface area contributed by atoms with Gasteiger partial charge >= 0.3 is 0 Å². The molecule has 2 aliphatic carbocycles. The Hall–Kier alpha value is -2.37. The van der Waals surface area contributed by atoms with E-state index in [1.54, 1.807) is 6.33 Å². The van der Waals surface area contributed by atoms with Gasteiger partial charge in [0, 0.05) is 12.1 Å². The predicted octanol–water partition coefficient (Wildman–Crippen LogP) is 1.07. The van der Waals surface area contributed by atoms with Gasteiger partial charge in [-0.05, 0) is 32.1 Å². The highest BCUT2D eigenvalue weighted by Crippen LogP contribution is 2.43. The lowest BCUT2D eigenvalue weighted by molar-refractivity contribution is -0.0262. The van der Waals surface area contributed by atoms with Crippen LogP contribution in [0.4, 0.5) is 11.8 Å². The zero-order valence-corrected chi connectivity index (χ0v) is 14.5. The largest absolute Gasteiger partial charge is 0.394 e. The monoisotopic (exact) mass is 354 g/mol. The van der Waals surface area contributed by atoms with E-state index in [2.05, 4.69) is 25.8 Å². The van der Waals surface area contributed by atoms with E-state index in [1.807, 2.05) is 4.57 Å². The van der Waals surface area contributed by atoms with Crippen LogP contribution in [0, 0.1) is 18.3 Å². The minimum absolute atomic E-state index is 0.0547. The Morgan fingerprint density at radius 1 is 1.31 bits per heavy atom. The number of fused-ring (bicyclic) bond motifs is 1. The molecule has 5 rings (SSSR count). The first-order valence-electron chi connectivity index (χ1n) is 9.20. The van der Waals surface area contributed by atoms with Gasteiger partial charge in [0.15, 0.2) is 23.2 Å². The molecule has 2 aromatic heterocycles. The van der Waals surface area contributed by atoms with E-state index in [-0.39, 0.29) is 24.6 Å². The fourth-order valence-electron chi connectivity index (χ4n) is 3.91. The smallest absolute Gasteiger partial charge is 0.224 e. The zero-order valence-electron chi connectivity index (χ0n) is 14.5. The van der Waals surface area contributed by atoms with Crippen LogP contribution in [-0.2, 0) is 4.74 Å². The van der Waals surface area contributed by atoms with Crippen molar-refractivity contribution in [1.29, 1.82) is 0 Å². The maximum absolute atomic E-state index is 9.43. The molecule has 2 aromatic rings. The van der Waals surface area contributed by atoms with Crippen LogP contribution in [0.2, 0.25) is 0 Å². The Labute approximate surface area is 151 Å². The van der Waals surface area contributed by atoms with E-state index in [4.69, 9.17) is 16.9 Å². The number of imidazole rings is 1. The molecule has 2 saturated carbocycles. The second-order valence-electron chi connectivity index (χ2n) is 7.44. The van der Waals surface area contributed by atoms with Crippen molar-refractivity contribution in [3.8, 4) is 12.3 Å². The van der Waals surface area contributed by atoms with Crippen molar-refractivity contribution in [2.24, 2.45) is 5.92 Å². The molecular formula is C18H22N6O2. The molecule has 3 fully saturated rings. The number of aliphatic hydroxyl groups excluding tert-OH is 1. The van der Waals surface area contributed by atoms with Gasteiger partial charge in [-0.2, -0.15) is 9.97 Å². The number of ether oxygens (including phenoxy) is 1. The average molecular weight is 354 g/mol. The van der Waals surface area contributed by atoms with Crippen molar-refractivity contribution in [3.05, 3.63) is 6.33 Å². The molecule has 3 atom stereocenters. The summed E-state index contributed by atoms with van der Waals surface area (Å²) in [7, 11) is 0. The van der Waals surface area contributed by atoms with E-state index < -0.39 is 6.23 Å². The second-order valence-corrected chi connectivity index (χ2v) is 7.44. The molecule has 136 valence electrons. The molecule has 3 N–H and O–H groups in total. The van der Waals surface area contributed by atoms with Gasteiger partial charge in [-0.3, -0.25) is 4.57 Å². The average Bonchev–Trinajstić information content (AvgIpc) is 3.56. The molecule has 1 aliphatic heterocycles. The fraction of sp³-hybridized carbons (Fsp3) is 0.611. The number of nitrogens with two attached hydrogens (primary N) is 1. The third-order valence-corrected chi connectivity index (χ3v) is 5.43. The van der Waals surface area contributed by atoms with E-state index in [1.165, 1.54) is 25.7 Å². The third-order valence-electron chi connectivity index (χ3n) is 5.43. The number of aromatic nitrogens is 4. The van der Waals surface area contributed by atoms with Gasteiger partial charge in [-0.25, -0.2) is 4.98 Å². The Morgan fingerprint density at radius 2 is 2.04 bits per heavy atom. The molecule has 0 bridgehead atoms. The lowest BCUT2D eigenvalue weighted by Gasteiger charge is -2.23. The van der Waals surface area contributed by atoms with Crippen LogP contribution in [0.15, 0.2) is 6.33 Å². The predicted molar refractivity (Wildman–Crippen MR) is 96.2 cm³/mol. The number of rotatable bonds is 5. The van der Waals surface area contributed by atoms with Crippen molar-refractivity contribution >= 4 is 22.9 Å². The van der Waals surface area contributed by atoms with Gasteiger partial charge in [0.05, 0.1) is 25.0 Å². The van der Waals surface area contributed by atoms with E-state index in [9.17, 15) is 5.11 Å². The van der Waals surface area contributed by atoms with Gasteiger partial charge in [0.2, 0.25) is 5.95 Å². The van der Waals surface area contributed by atoms with Crippen molar-refractivity contribution in [2.45, 2.75) is 56.5 Å². The van der Waals surface area contributed by atoms with Crippen LogP contribution in [0.5, 0.6) is 0 Å². The Bertz CT molecular complexity index is 870. The summed E-state index contributed by atoms with van der Waals surface area (Å²) in [5.74, 6) is 3.68. The first kappa shape index (κ1) is 15.9. The summed E-state index contributed by atoms with van der Waals surface area (Å²) in [4.78, 5) is 15.9. The topological polar surface area (TPSA) is 102 Å². The number of terminal acetylenes is 1. The Kier molecular flexibility index (Phi) is 3.55. The number of nitrogens with zero attached hydrogens (tertiary/aromatic N) is 5. The molecule has 26 heavy (non-hydrogen) atoms. The van der Waals surface area contributed by atoms with Crippen molar-refractivity contribution < 1.29 is 9.84 Å². The number of anilines is 2. The number of hydrogen-bond acceptors (Lipinski definition) is 7. The maximum Gasteiger partial charge on any atom is 0.224 e. The molecule has 3 aliphatic rings. The number of hydrogen-bond donors (Lipinski definition) is 2. The molecule has 1 saturated heterocycles. The number of nitrogen functional groups attached to an aromatic ring is 1. The van der Waals surface area contributed by atoms with Gasteiger partial charge in [-0.15, -0.1) is 6.42 Å². The summed E-state index contributed by atoms with van der Waals surface area (Å²) in [6.45, 7) is -0.0547. The summed E-state index contributed by atoms with van der Waals surface area (Å²) in [6.07, 6.45) is 12.1. The SMILES string of the molecule is C#C[C@H]1C[C@@H](CO)O[C@H]1n1cnc2c(N(C3CC3)C3CC3)nc(N)nc21. The van der Waals surface area contributed by atoms with E-state index >= 15 is 0 Å². The second kappa shape index (κ2) is 5.83. The van der Waals surface area contributed by atoms with Crippen molar-refractivity contribution in [3.63, 3.8) is 0 Å². The van der Waals surface area contributed by atoms with E-state index in [0.29, 0.717) is 24.2 Å². The molecule has 0 aromatic carbocycles. The van der Waals surface area contributed by atoms with Gasteiger partial charge in [-0.1, -0.05) is 5.92 Å². The third kappa shape index (κ3) is 2.50. The number of aliphatic hydroxyl groups is 1. The standard InChI is InChI=1S/C18H22N6O2/c1-2-10-7-13(8-25)26-17(10)23-9-20-14-15(23)21-18(19)22-16(14)24(11-3-4-11)12-5-6-12/h1,9-13,17,25H,3-8H2,(H2,19,21,22)/t10-,13-,17+/m0/s1. The van der Waals surface area contributed by atoms with Crippen LogP contribution in [-0.4, -0.2) is 49.4 Å². The van der Waals surface area contributed by atoms with Gasteiger partial charge < -0.3 is 20.5 Å². The minimum Gasteiger partial charge on any atom is -0.394 e. The minimum atomic E-state index is -0.403. The molecule has 3 heterocycles. The first-order valence-corrected chi connectivity index (χ1v) is 9.20. The van der Waals surface area contributed by atoms with Crippen LogP contribution in [0.25, 0.3) is 11.2 Å². The molecular weight excluding hydrogens is 332 g/mol. The highest BCUT2D eigenvalue weighted by molar-refractivity contribution is 5.85. The van der Waals surface area contributed by atoms with Crippen LogP contribution >= 0.6 is 0 Å². The molecule has 0 radical (unpaired) electrons. The highest BCUT2D eigenvalue weighted by Gasteiger charge is 2.42. The summed E-state index contributed by atoms with van der Waals surface area (Å²) >= 11 is 0. The Morgan fingerprint density at radius 3 is 2.65 bits per heavy atom. The van der Waals surface area contributed by atoms with Crippen LogP contribution in [0.3, 0.4) is 0 Å². The van der Waals surface area contributed by atoms with Crippen molar-refractivity contribution in [1.82, 2.24) is 19.5 Å². The summed E-state index contributed by atoms with van der Waals surface area (Å²) in [5, 5.41) is 9.43. The maximum atomic E-state index is 9.43. The molecule has 8 heteroatoms. The highest BCUT2D eigenvalue weighted by atomic mass is 16.5. The lowest BCUT2D eigenvalue weighted by Crippen LogP contribution is -2.29. The lowest BCUT2D eigenvalue weighted by atomic mass is 10.0. The van der Waals surface area contributed by atoms with Gasteiger partial charge in [0.25, 0.3) is 0 Å². The van der Waals surface area contributed by atoms with Gasteiger partial charge in [0.1, 0.15) is 0 Å². The normalized spacial score (nSPS) is 28.4. The fourth-order valence-corrected chi connectivity index (χ4v) is 3.91. The molecule has 0 spiro atoms. The summed E-state index contributed by atoms with van der Waals surface area (Å²) in [5.41, 5.74) is 7.42. The molecule has 0 amide bonds. The van der Waals surface area contributed by atoms with Crippen LogP contribution < -0.4 is 10.6 Å². The van der Waals surface area contributed by atoms with Crippen LogP contribution in [0.1, 0.15) is 38.3 Å². The van der Waals surface area contributed by atoms with Crippen molar-refractivity contribution in [2.75, 3.05) is 17.2 Å².